The first-order chi connectivity index (χ1) is 7.59. The fourth-order valence-electron chi connectivity index (χ4n) is 2.23. The highest BCUT2D eigenvalue weighted by molar-refractivity contribution is 5.87. The lowest BCUT2D eigenvalue weighted by molar-refractivity contribution is 0.0688. The third-order valence-corrected chi connectivity index (χ3v) is 3.33. The standard InChI is InChI=1S/C12H16N2O2/c1-7-8(2)13-11(9-5-3-4-6-9)14-10(7)12(15)16/h9H,3-6H2,1-2H3,(H,15,16). The van der Waals surface area contributed by atoms with Gasteiger partial charge < -0.3 is 5.11 Å². The number of hydrogen-bond acceptors (Lipinski definition) is 3. The van der Waals surface area contributed by atoms with Crippen LogP contribution < -0.4 is 0 Å². The molecule has 86 valence electrons. The van der Waals surface area contributed by atoms with E-state index in [0.29, 0.717) is 11.5 Å². The van der Waals surface area contributed by atoms with E-state index in [1.165, 1.54) is 12.8 Å². The van der Waals surface area contributed by atoms with E-state index in [4.69, 9.17) is 5.11 Å². The second kappa shape index (κ2) is 4.20. The van der Waals surface area contributed by atoms with Crippen molar-refractivity contribution in [1.29, 1.82) is 0 Å². The Kier molecular flexibility index (Phi) is 2.90. The van der Waals surface area contributed by atoms with Gasteiger partial charge in [-0.15, -0.1) is 0 Å². The first-order valence-corrected chi connectivity index (χ1v) is 5.68. The molecule has 16 heavy (non-hydrogen) atoms. The second-order valence-electron chi connectivity index (χ2n) is 4.43. The molecule has 1 aromatic rings. The first-order valence-electron chi connectivity index (χ1n) is 5.68. The average molecular weight is 220 g/mol. The summed E-state index contributed by atoms with van der Waals surface area (Å²) in [6, 6.07) is 0. The van der Waals surface area contributed by atoms with Gasteiger partial charge in [0, 0.05) is 17.2 Å². The Morgan fingerprint density at radius 2 is 1.88 bits per heavy atom. The molecule has 0 aliphatic heterocycles. The molecule has 0 saturated heterocycles. The maximum atomic E-state index is 11.1. The molecule has 0 radical (unpaired) electrons. The quantitative estimate of drug-likeness (QED) is 0.831. The van der Waals surface area contributed by atoms with E-state index in [1.54, 1.807) is 6.92 Å². The van der Waals surface area contributed by atoms with Gasteiger partial charge in [-0.05, 0) is 26.7 Å². The first kappa shape index (κ1) is 11.0. The zero-order valence-electron chi connectivity index (χ0n) is 9.66. The summed E-state index contributed by atoms with van der Waals surface area (Å²) >= 11 is 0. The van der Waals surface area contributed by atoms with E-state index in [-0.39, 0.29) is 5.69 Å². The van der Waals surface area contributed by atoms with Gasteiger partial charge in [-0.1, -0.05) is 12.8 Å². The Bertz CT molecular complexity index is 423. The minimum atomic E-state index is -0.956. The monoisotopic (exact) mass is 220 g/mol. The number of carboxylic acid groups (broad SMARTS) is 1. The summed E-state index contributed by atoms with van der Waals surface area (Å²) in [5, 5.41) is 9.07. The largest absolute Gasteiger partial charge is 0.477 e. The van der Waals surface area contributed by atoms with E-state index in [0.717, 1.165) is 24.4 Å². The Morgan fingerprint density at radius 3 is 2.44 bits per heavy atom. The molecule has 0 spiro atoms. The van der Waals surface area contributed by atoms with Gasteiger partial charge in [0.2, 0.25) is 0 Å². The Morgan fingerprint density at radius 1 is 1.25 bits per heavy atom. The summed E-state index contributed by atoms with van der Waals surface area (Å²) in [6.45, 7) is 3.61. The van der Waals surface area contributed by atoms with Crippen LogP contribution in [-0.2, 0) is 0 Å². The number of rotatable bonds is 2. The van der Waals surface area contributed by atoms with E-state index < -0.39 is 5.97 Å². The highest BCUT2D eigenvalue weighted by atomic mass is 16.4. The molecule has 1 heterocycles. The predicted molar refractivity (Wildman–Crippen MR) is 59.7 cm³/mol. The van der Waals surface area contributed by atoms with Crippen LogP contribution in [0.25, 0.3) is 0 Å². The minimum absolute atomic E-state index is 0.161. The van der Waals surface area contributed by atoms with Crippen LogP contribution in [0.1, 0.15) is 59.2 Å². The van der Waals surface area contributed by atoms with E-state index in [1.807, 2.05) is 6.92 Å². The molecule has 1 saturated carbocycles. The molecule has 0 atom stereocenters. The lowest BCUT2D eigenvalue weighted by atomic mass is 10.1. The van der Waals surface area contributed by atoms with Gasteiger partial charge in [-0.25, -0.2) is 14.8 Å². The number of hydrogen-bond donors (Lipinski definition) is 1. The fraction of sp³-hybridized carbons (Fsp3) is 0.583. The summed E-state index contributed by atoms with van der Waals surface area (Å²) in [7, 11) is 0. The summed E-state index contributed by atoms with van der Waals surface area (Å²) in [4.78, 5) is 19.7. The SMILES string of the molecule is Cc1nc(C2CCCC2)nc(C(=O)O)c1C. The van der Waals surface area contributed by atoms with Crippen LogP contribution in [0.3, 0.4) is 0 Å². The summed E-state index contributed by atoms with van der Waals surface area (Å²) in [5.74, 6) is 0.123. The topological polar surface area (TPSA) is 63.1 Å². The van der Waals surface area contributed by atoms with E-state index in [2.05, 4.69) is 9.97 Å². The second-order valence-corrected chi connectivity index (χ2v) is 4.43. The smallest absolute Gasteiger partial charge is 0.354 e. The van der Waals surface area contributed by atoms with Gasteiger partial charge >= 0.3 is 5.97 Å². The molecular weight excluding hydrogens is 204 g/mol. The normalized spacial score (nSPS) is 16.6. The maximum absolute atomic E-state index is 11.1. The molecule has 0 bridgehead atoms. The molecule has 1 aromatic heterocycles. The van der Waals surface area contributed by atoms with Crippen LogP contribution in [0, 0.1) is 13.8 Å². The maximum Gasteiger partial charge on any atom is 0.354 e. The van der Waals surface area contributed by atoms with Crippen LogP contribution in [0.15, 0.2) is 0 Å². The fourth-order valence-corrected chi connectivity index (χ4v) is 2.23. The molecule has 4 heteroatoms. The molecule has 4 nitrogen and oxygen atoms in total. The van der Waals surface area contributed by atoms with Gasteiger partial charge in [0.15, 0.2) is 5.69 Å². The van der Waals surface area contributed by atoms with Crippen LogP contribution in [0.4, 0.5) is 0 Å². The highest BCUT2D eigenvalue weighted by Gasteiger charge is 2.22. The molecule has 1 N–H and O–H groups in total. The van der Waals surface area contributed by atoms with Gasteiger partial charge in [0.05, 0.1) is 0 Å². The molecule has 0 unspecified atom stereocenters. The number of carbonyl (C=O) groups is 1. The van der Waals surface area contributed by atoms with Gasteiger partial charge in [0.25, 0.3) is 0 Å². The van der Waals surface area contributed by atoms with Crippen molar-refractivity contribution in [3.8, 4) is 0 Å². The van der Waals surface area contributed by atoms with Gasteiger partial charge in [-0.3, -0.25) is 0 Å². The number of aromatic carboxylic acids is 1. The Labute approximate surface area is 94.7 Å². The van der Waals surface area contributed by atoms with Gasteiger partial charge in [-0.2, -0.15) is 0 Å². The Hall–Kier alpha value is -1.45. The van der Waals surface area contributed by atoms with Crippen LogP contribution >= 0.6 is 0 Å². The van der Waals surface area contributed by atoms with E-state index in [9.17, 15) is 4.79 Å². The van der Waals surface area contributed by atoms with E-state index >= 15 is 0 Å². The zero-order valence-corrected chi connectivity index (χ0v) is 9.66. The molecule has 0 aromatic carbocycles. The number of carboxylic acids is 1. The number of aryl methyl sites for hydroxylation is 1. The van der Waals surface area contributed by atoms with Crippen molar-refractivity contribution in [2.24, 2.45) is 0 Å². The van der Waals surface area contributed by atoms with Gasteiger partial charge in [0.1, 0.15) is 5.82 Å². The lowest BCUT2D eigenvalue weighted by Gasteiger charge is -2.11. The molecule has 2 rings (SSSR count). The van der Waals surface area contributed by atoms with Crippen molar-refractivity contribution in [3.63, 3.8) is 0 Å². The predicted octanol–water partition coefficient (Wildman–Crippen LogP) is 2.45. The molecule has 1 aliphatic rings. The molecule has 0 amide bonds. The minimum Gasteiger partial charge on any atom is -0.477 e. The van der Waals surface area contributed by atoms with Crippen molar-refractivity contribution in [3.05, 3.63) is 22.8 Å². The van der Waals surface area contributed by atoms with Crippen LogP contribution in [0.2, 0.25) is 0 Å². The van der Waals surface area contributed by atoms with Crippen LogP contribution in [0.5, 0.6) is 0 Å². The summed E-state index contributed by atoms with van der Waals surface area (Å²) in [5.41, 5.74) is 1.62. The summed E-state index contributed by atoms with van der Waals surface area (Å²) in [6.07, 6.45) is 4.57. The molecule has 1 aliphatic carbocycles. The highest BCUT2D eigenvalue weighted by Crippen LogP contribution is 2.32. The van der Waals surface area contributed by atoms with Crippen molar-refractivity contribution in [2.75, 3.05) is 0 Å². The lowest BCUT2D eigenvalue weighted by Crippen LogP contribution is -2.12. The van der Waals surface area contributed by atoms with Crippen molar-refractivity contribution in [2.45, 2.75) is 45.4 Å². The van der Waals surface area contributed by atoms with Crippen molar-refractivity contribution < 1.29 is 9.90 Å². The van der Waals surface area contributed by atoms with Crippen molar-refractivity contribution >= 4 is 5.97 Å². The third kappa shape index (κ3) is 1.92. The molecular formula is C12H16N2O2. The number of aromatic nitrogens is 2. The third-order valence-electron chi connectivity index (χ3n) is 3.33. The summed E-state index contributed by atoms with van der Waals surface area (Å²) < 4.78 is 0. The average Bonchev–Trinajstić information content (AvgIpc) is 2.74. The van der Waals surface area contributed by atoms with Crippen LogP contribution in [-0.4, -0.2) is 21.0 Å². The Balaban J connectivity index is 2.43. The zero-order chi connectivity index (χ0) is 11.7. The number of nitrogens with zero attached hydrogens (tertiary/aromatic N) is 2. The molecule has 1 fully saturated rings. The van der Waals surface area contributed by atoms with Crippen molar-refractivity contribution in [1.82, 2.24) is 9.97 Å².